The number of aromatic nitrogens is 3. The van der Waals surface area contributed by atoms with Gasteiger partial charge in [0.2, 0.25) is 0 Å². The summed E-state index contributed by atoms with van der Waals surface area (Å²) in [6.45, 7) is 5.80. The summed E-state index contributed by atoms with van der Waals surface area (Å²) in [5.74, 6) is 0.206. The van der Waals surface area contributed by atoms with E-state index in [1.165, 1.54) is 0 Å². The first-order valence-electron chi connectivity index (χ1n) is 8.06. The van der Waals surface area contributed by atoms with Gasteiger partial charge in [-0.2, -0.15) is 5.10 Å². The van der Waals surface area contributed by atoms with Crippen molar-refractivity contribution in [3.63, 3.8) is 0 Å². The predicted octanol–water partition coefficient (Wildman–Crippen LogP) is 4.75. The van der Waals surface area contributed by atoms with Crippen LogP contribution < -0.4 is 10.1 Å². The van der Waals surface area contributed by atoms with Crippen molar-refractivity contribution in [3.8, 4) is 5.75 Å². The van der Waals surface area contributed by atoms with E-state index in [4.69, 9.17) is 16.3 Å². The van der Waals surface area contributed by atoms with Gasteiger partial charge in [-0.3, -0.25) is 4.79 Å². The van der Waals surface area contributed by atoms with Gasteiger partial charge in [-0.05, 0) is 44.5 Å². The van der Waals surface area contributed by atoms with Crippen molar-refractivity contribution in [2.24, 2.45) is 0 Å². The topological polar surface area (TPSA) is 69.0 Å². The molecule has 136 valence electrons. The second kappa shape index (κ2) is 7.63. The van der Waals surface area contributed by atoms with Crippen molar-refractivity contribution in [2.75, 3.05) is 11.9 Å². The number of amides is 1. The lowest BCUT2D eigenvalue weighted by Gasteiger charge is -2.12. The molecule has 0 saturated carbocycles. The Morgan fingerprint density at radius 3 is 2.81 bits per heavy atom. The molecule has 1 N–H and O–H groups in total. The molecule has 26 heavy (non-hydrogen) atoms. The van der Waals surface area contributed by atoms with Gasteiger partial charge in [-0.1, -0.05) is 27.5 Å². The Balaban J connectivity index is 1.68. The molecule has 3 rings (SSSR count). The van der Waals surface area contributed by atoms with Gasteiger partial charge in [0, 0.05) is 15.9 Å². The number of nitrogens with zero attached hydrogens (tertiary/aromatic N) is 3. The van der Waals surface area contributed by atoms with Crippen LogP contribution in [0.2, 0.25) is 5.02 Å². The molecule has 0 aliphatic heterocycles. The van der Waals surface area contributed by atoms with Crippen LogP contribution in [-0.4, -0.2) is 27.3 Å². The van der Waals surface area contributed by atoms with Gasteiger partial charge < -0.3 is 10.1 Å². The fourth-order valence-electron chi connectivity index (χ4n) is 2.59. The number of hydrogen-bond acceptors (Lipinski definition) is 4. The van der Waals surface area contributed by atoms with Gasteiger partial charge in [0.1, 0.15) is 5.75 Å². The number of benzene rings is 1. The van der Waals surface area contributed by atoms with Crippen LogP contribution in [0, 0.1) is 6.92 Å². The molecule has 3 aromatic rings. The maximum atomic E-state index is 12.2. The molecule has 0 fully saturated rings. The summed E-state index contributed by atoms with van der Waals surface area (Å²) >= 11 is 9.53. The summed E-state index contributed by atoms with van der Waals surface area (Å²) in [4.78, 5) is 16.6. The summed E-state index contributed by atoms with van der Waals surface area (Å²) in [5, 5.41) is 8.41. The molecule has 0 saturated heterocycles. The standard InChI is InChI=1S/C18H18BrClN4O2/c1-10(2)24-18-12(7-22-24)5-14(8-21-18)23-16(25)9-26-17-11(3)4-13(19)6-15(17)20/h4-8,10H,9H2,1-3H3,(H,23,25). The zero-order valence-electron chi connectivity index (χ0n) is 14.6. The Morgan fingerprint density at radius 1 is 1.35 bits per heavy atom. The van der Waals surface area contributed by atoms with E-state index in [1.807, 2.05) is 37.6 Å². The van der Waals surface area contributed by atoms with Gasteiger partial charge in [-0.15, -0.1) is 0 Å². The van der Waals surface area contributed by atoms with Crippen molar-refractivity contribution in [2.45, 2.75) is 26.8 Å². The third-order valence-corrected chi connectivity index (χ3v) is 4.49. The minimum absolute atomic E-state index is 0.147. The fourth-order valence-corrected chi connectivity index (χ4v) is 3.62. The summed E-state index contributed by atoms with van der Waals surface area (Å²) in [6.07, 6.45) is 3.35. The number of anilines is 1. The average molecular weight is 438 g/mol. The second-order valence-electron chi connectivity index (χ2n) is 6.19. The number of rotatable bonds is 5. The highest BCUT2D eigenvalue weighted by Crippen LogP contribution is 2.32. The molecule has 0 bridgehead atoms. The minimum atomic E-state index is -0.291. The van der Waals surface area contributed by atoms with E-state index in [2.05, 4.69) is 31.3 Å². The molecule has 0 atom stereocenters. The number of pyridine rings is 1. The average Bonchev–Trinajstić information content (AvgIpc) is 2.97. The Bertz CT molecular complexity index is 948. The number of hydrogen-bond donors (Lipinski definition) is 1. The highest BCUT2D eigenvalue weighted by atomic mass is 79.9. The number of aryl methyl sites for hydroxylation is 1. The van der Waals surface area contributed by atoms with Crippen molar-refractivity contribution >= 4 is 50.2 Å². The van der Waals surface area contributed by atoms with E-state index >= 15 is 0 Å². The van der Waals surface area contributed by atoms with E-state index in [0.29, 0.717) is 16.5 Å². The predicted molar refractivity (Wildman–Crippen MR) is 106 cm³/mol. The Hall–Kier alpha value is -2.12. The fraction of sp³-hybridized carbons (Fsp3) is 0.278. The van der Waals surface area contributed by atoms with Crippen molar-refractivity contribution in [1.29, 1.82) is 0 Å². The van der Waals surface area contributed by atoms with Crippen LogP contribution in [0.1, 0.15) is 25.5 Å². The highest BCUT2D eigenvalue weighted by Gasteiger charge is 2.12. The lowest BCUT2D eigenvalue weighted by molar-refractivity contribution is -0.118. The smallest absolute Gasteiger partial charge is 0.262 e. The van der Waals surface area contributed by atoms with Gasteiger partial charge in [0.05, 0.1) is 23.1 Å². The van der Waals surface area contributed by atoms with Crippen LogP contribution in [0.25, 0.3) is 11.0 Å². The molecular weight excluding hydrogens is 420 g/mol. The van der Waals surface area contributed by atoms with E-state index in [-0.39, 0.29) is 18.6 Å². The van der Waals surface area contributed by atoms with E-state index in [9.17, 15) is 4.79 Å². The summed E-state index contributed by atoms with van der Waals surface area (Å²) < 4.78 is 8.27. The zero-order chi connectivity index (χ0) is 18.8. The highest BCUT2D eigenvalue weighted by molar-refractivity contribution is 9.10. The molecule has 0 aliphatic rings. The van der Waals surface area contributed by atoms with Gasteiger partial charge in [0.15, 0.2) is 12.3 Å². The van der Waals surface area contributed by atoms with E-state index in [1.54, 1.807) is 18.5 Å². The Labute approximate surface area is 164 Å². The molecule has 1 aromatic carbocycles. The SMILES string of the molecule is Cc1cc(Br)cc(Cl)c1OCC(=O)Nc1cnc2c(cnn2C(C)C)c1. The lowest BCUT2D eigenvalue weighted by atomic mass is 10.2. The number of fused-ring (bicyclic) bond motifs is 1. The molecule has 6 nitrogen and oxygen atoms in total. The quantitative estimate of drug-likeness (QED) is 0.625. The zero-order valence-corrected chi connectivity index (χ0v) is 16.9. The molecular formula is C18H18BrClN4O2. The van der Waals surface area contributed by atoms with Gasteiger partial charge in [0.25, 0.3) is 5.91 Å². The monoisotopic (exact) mass is 436 g/mol. The Morgan fingerprint density at radius 2 is 2.12 bits per heavy atom. The van der Waals surface area contributed by atoms with Crippen LogP contribution in [0.4, 0.5) is 5.69 Å². The number of carbonyl (C=O) groups is 1. The van der Waals surface area contributed by atoms with Crippen LogP contribution in [0.15, 0.2) is 35.1 Å². The van der Waals surface area contributed by atoms with Crippen molar-refractivity contribution in [3.05, 3.63) is 45.7 Å². The molecule has 2 aromatic heterocycles. The first kappa shape index (κ1) is 18.7. The first-order chi connectivity index (χ1) is 12.3. The van der Waals surface area contributed by atoms with Crippen molar-refractivity contribution in [1.82, 2.24) is 14.8 Å². The van der Waals surface area contributed by atoms with Crippen LogP contribution in [0.3, 0.4) is 0 Å². The largest absolute Gasteiger partial charge is 0.482 e. The van der Waals surface area contributed by atoms with Crippen LogP contribution >= 0.6 is 27.5 Å². The molecule has 0 aliphatic carbocycles. The number of carbonyl (C=O) groups excluding carboxylic acids is 1. The normalized spacial score (nSPS) is 11.2. The second-order valence-corrected chi connectivity index (χ2v) is 7.51. The van der Waals surface area contributed by atoms with Gasteiger partial charge in [-0.25, -0.2) is 9.67 Å². The maximum absolute atomic E-state index is 12.2. The lowest BCUT2D eigenvalue weighted by Crippen LogP contribution is -2.20. The molecule has 0 spiro atoms. The first-order valence-corrected chi connectivity index (χ1v) is 9.24. The maximum Gasteiger partial charge on any atom is 0.262 e. The summed E-state index contributed by atoms with van der Waals surface area (Å²) in [5.41, 5.74) is 2.22. The molecule has 1 amide bonds. The Kier molecular flexibility index (Phi) is 5.48. The van der Waals surface area contributed by atoms with Crippen LogP contribution in [0.5, 0.6) is 5.75 Å². The molecule has 0 unspecified atom stereocenters. The van der Waals surface area contributed by atoms with Gasteiger partial charge >= 0.3 is 0 Å². The molecule has 2 heterocycles. The summed E-state index contributed by atoms with van der Waals surface area (Å²) in [7, 11) is 0. The number of ether oxygens (including phenoxy) is 1. The summed E-state index contributed by atoms with van der Waals surface area (Å²) in [6, 6.07) is 5.66. The van der Waals surface area contributed by atoms with Crippen molar-refractivity contribution < 1.29 is 9.53 Å². The third kappa shape index (κ3) is 3.99. The minimum Gasteiger partial charge on any atom is -0.482 e. The number of halogens is 2. The van der Waals surface area contributed by atoms with E-state index < -0.39 is 0 Å². The third-order valence-electron chi connectivity index (χ3n) is 3.75. The molecule has 8 heteroatoms. The van der Waals surface area contributed by atoms with Crippen LogP contribution in [-0.2, 0) is 4.79 Å². The molecule has 0 radical (unpaired) electrons. The number of nitrogens with one attached hydrogen (secondary N) is 1. The van der Waals surface area contributed by atoms with E-state index in [0.717, 1.165) is 21.1 Å².